The topological polar surface area (TPSA) is 43.8 Å². The molecule has 1 aromatic carbocycles. The highest BCUT2D eigenvalue weighted by Crippen LogP contribution is 2.28. The van der Waals surface area contributed by atoms with Crippen LogP contribution in [0.3, 0.4) is 0 Å². The quantitative estimate of drug-likeness (QED) is 0.752. The number of aromatic nitrogens is 1. The Morgan fingerprint density at radius 1 is 1.13 bits per heavy atom. The van der Waals surface area contributed by atoms with Crippen molar-refractivity contribution in [2.24, 2.45) is 10.3 Å². The predicted molar refractivity (Wildman–Crippen MR) is 57.9 cm³/mol. The molecule has 0 unspecified atom stereocenters. The number of hydrogen-bond acceptors (Lipinski definition) is 3. The molecule has 0 atom stereocenters. The van der Waals surface area contributed by atoms with Crippen LogP contribution >= 0.6 is 0 Å². The zero-order valence-corrected chi connectivity index (χ0v) is 8.09. The summed E-state index contributed by atoms with van der Waals surface area (Å²) in [6.45, 7) is 0.764. The van der Waals surface area contributed by atoms with E-state index in [4.69, 9.17) is 0 Å². The Kier molecular flexibility index (Phi) is 1.78. The number of benzene rings is 1. The maximum absolute atomic E-state index is 4.16. The summed E-state index contributed by atoms with van der Waals surface area (Å²) in [5.41, 5.74) is 2.16. The number of nitrogens with one attached hydrogen (secondary N) is 1. The second kappa shape index (κ2) is 3.24. The molecule has 15 heavy (non-hydrogen) atoms. The van der Waals surface area contributed by atoms with Gasteiger partial charge in [0.1, 0.15) is 5.82 Å². The Balaban J connectivity index is 1.96. The number of anilines is 1. The van der Waals surface area contributed by atoms with Crippen molar-refractivity contribution in [3.63, 3.8) is 0 Å². The molecule has 1 aliphatic heterocycles. The summed E-state index contributed by atoms with van der Waals surface area (Å²) in [5, 5.41) is 10.2. The second-order valence-corrected chi connectivity index (χ2v) is 3.43. The minimum Gasteiger partial charge on any atom is -0.347 e. The highest BCUT2D eigenvalue weighted by molar-refractivity contribution is 5.50. The van der Waals surface area contributed by atoms with Crippen molar-refractivity contribution in [3.8, 4) is 0 Å². The zero-order chi connectivity index (χ0) is 10.1. The van der Waals surface area contributed by atoms with Crippen molar-refractivity contribution in [1.29, 1.82) is 0 Å². The molecule has 2 aromatic rings. The van der Waals surface area contributed by atoms with Gasteiger partial charge in [-0.15, -0.1) is 5.11 Å². The lowest BCUT2D eigenvalue weighted by atomic mass is 10.2. The Labute approximate surface area is 87.2 Å². The van der Waals surface area contributed by atoms with Crippen LogP contribution in [0, 0.1) is 0 Å². The average Bonchev–Trinajstić information content (AvgIpc) is 2.82. The van der Waals surface area contributed by atoms with Crippen molar-refractivity contribution < 1.29 is 0 Å². The Bertz CT molecular complexity index is 487. The first-order valence-electron chi connectivity index (χ1n) is 4.84. The summed E-state index contributed by atoms with van der Waals surface area (Å²) in [5.74, 6) is 0.966. The largest absolute Gasteiger partial charge is 0.347 e. The van der Waals surface area contributed by atoms with E-state index < -0.39 is 0 Å². The third kappa shape index (κ3) is 1.40. The lowest BCUT2D eigenvalue weighted by molar-refractivity contribution is 0.762. The molecular weight excluding hydrogens is 188 g/mol. The minimum absolute atomic E-state index is 0.764. The monoisotopic (exact) mass is 198 g/mol. The smallest absolute Gasteiger partial charge is 0.128 e. The van der Waals surface area contributed by atoms with E-state index >= 15 is 0 Å². The van der Waals surface area contributed by atoms with Crippen molar-refractivity contribution in [2.45, 2.75) is 6.54 Å². The molecule has 0 fully saturated rings. The first-order chi connectivity index (χ1) is 7.43. The van der Waals surface area contributed by atoms with Crippen molar-refractivity contribution >= 4 is 11.5 Å². The first-order valence-corrected chi connectivity index (χ1v) is 4.84. The van der Waals surface area contributed by atoms with Crippen LogP contribution in [0.2, 0.25) is 0 Å². The van der Waals surface area contributed by atoms with Gasteiger partial charge in [-0.2, -0.15) is 0 Å². The van der Waals surface area contributed by atoms with E-state index in [2.05, 4.69) is 21.4 Å². The lowest BCUT2D eigenvalue weighted by Gasteiger charge is -2.20. The number of H-pyrrole nitrogens is 1. The summed E-state index contributed by atoms with van der Waals surface area (Å²) in [6.07, 6.45) is 1.88. The molecule has 1 N–H and O–H groups in total. The van der Waals surface area contributed by atoms with E-state index in [0.717, 1.165) is 18.1 Å². The summed E-state index contributed by atoms with van der Waals surface area (Å²) in [4.78, 5) is 3.11. The average molecular weight is 198 g/mol. The van der Waals surface area contributed by atoms with Crippen LogP contribution in [0.15, 0.2) is 52.9 Å². The number of nitrogens with zero attached hydrogens (tertiary/aromatic N) is 3. The van der Waals surface area contributed by atoms with E-state index in [1.807, 2.05) is 41.5 Å². The highest BCUT2D eigenvalue weighted by atomic mass is 15.6. The van der Waals surface area contributed by atoms with Crippen LogP contribution in [0.4, 0.5) is 11.5 Å². The summed E-state index contributed by atoms with van der Waals surface area (Å²) in [7, 11) is 0. The number of aromatic amines is 1. The molecule has 74 valence electrons. The van der Waals surface area contributed by atoms with Crippen LogP contribution in [-0.2, 0) is 6.54 Å². The summed E-state index contributed by atoms with van der Waals surface area (Å²) < 4.78 is 0. The fourth-order valence-corrected chi connectivity index (χ4v) is 1.65. The molecule has 0 saturated heterocycles. The van der Waals surface area contributed by atoms with Crippen molar-refractivity contribution in [1.82, 2.24) is 4.98 Å². The molecule has 2 heterocycles. The van der Waals surface area contributed by atoms with Gasteiger partial charge in [-0.3, -0.25) is 0 Å². The van der Waals surface area contributed by atoms with Gasteiger partial charge in [0.05, 0.1) is 12.2 Å². The standard InChI is InChI=1S/C11H10N4/c1-2-5-10-9(4-1)8-15(14-13-10)11-6-3-7-12-11/h1-7,12H,8H2. The number of rotatable bonds is 1. The molecule has 1 aliphatic rings. The number of fused-ring (bicyclic) bond motifs is 1. The Morgan fingerprint density at radius 2 is 2.07 bits per heavy atom. The lowest BCUT2D eigenvalue weighted by Crippen LogP contribution is -2.17. The first kappa shape index (κ1) is 8.23. The molecule has 1 aromatic heterocycles. The van der Waals surface area contributed by atoms with Gasteiger partial charge in [0.2, 0.25) is 0 Å². The SMILES string of the molecule is c1c[nH]c(N2Cc3ccccc3N=N2)c1. The van der Waals surface area contributed by atoms with Crippen LogP contribution < -0.4 is 5.01 Å². The molecule has 0 radical (unpaired) electrons. The number of hydrogen-bond donors (Lipinski definition) is 1. The molecule has 4 heteroatoms. The van der Waals surface area contributed by atoms with E-state index in [9.17, 15) is 0 Å². The Morgan fingerprint density at radius 3 is 2.93 bits per heavy atom. The third-order valence-corrected chi connectivity index (χ3v) is 2.43. The van der Waals surface area contributed by atoms with Gasteiger partial charge >= 0.3 is 0 Å². The van der Waals surface area contributed by atoms with Gasteiger partial charge in [-0.1, -0.05) is 23.4 Å². The normalized spacial score (nSPS) is 14.0. The van der Waals surface area contributed by atoms with Crippen LogP contribution in [0.5, 0.6) is 0 Å². The predicted octanol–water partition coefficient (Wildman–Crippen LogP) is 3.03. The molecule has 4 nitrogen and oxygen atoms in total. The molecule has 0 aliphatic carbocycles. The third-order valence-electron chi connectivity index (χ3n) is 2.43. The maximum atomic E-state index is 4.16. The zero-order valence-electron chi connectivity index (χ0n) is 8.09. The van der Waals surface area contributed by atoms with Crippen molar-refractivity contribution in [3.05, 3.63) is 48.2 Å². The van der Waals surface area contributed by atoms with Crippen molar-refractivity contribution in [2.75, 3.05) is 5.01 Å². The van der Waals surface area contributed by atoms with E-state index in [0.29, 0.717) is 0 Å². The second-order valence-electron chi connectivity index (χ2n) is 3.43. The summed E-state index contributed by atoms with van der Waals surface area (Å²) >= 11 is 0. The van der Waals surface area contributed by atoms with Gasteiger partial charge in [0.25, 0.3) is 0 Å². The van der Waals surface area contributed by atoms with Crippen LogP contribution in [-0.4, -0.2) is 4.98 Å². The van der Waals surface area contributed by atoms with Gasteiger partial charge in [0.15, 0.2) is 0 Å². The van der Waals surface area contributed by atoms with E-state index in [-0.39, 0.29) is 0 Å². The van der Waals surface area contributed by atoms with E-state index in [1.54, 1.807) is 0 Å². The van der Waals surface area contributed by atoms with E-state index in [1.165, 1.54) is 5.56 Å². The molecule has 0 spiro atoms. The van der Waals surface area contributed by atoms with Gasteiger partial charge in [-0.05, 0) is 18.2 Å². The molecular formula is C11H10N4. The molecule has 0 amide bonds. The van der Waals surface area contributed by atoms with Crippen LogP contribution in [0.25, 0.3) is 0 Å². The highest BCUT2D eigenvalue weighted by Gasteiger charge is 2.14. The summed E-state index contributed by atoms with van der Waals surface area (Å²) in [6, 6.07) is 12.0. The fourth-order valence-electron chi connectivity index (χ4n) is 1.65. The maximum Gasteiger partial charge on any atom is 0.128 e. The van der Waals surface area contributed by atoms with Gasteiger partial charge < -0.3 is 4.98 Å². The fraction of sp³-hybridized carbons (Fsp3) is 0.0909. The molecule has 3 rings (SSSR count). The molecule has 0 bridgehead atoms. The van der Waals surface area contributed by atoms with Gasteiger partial charge in [0, 0.05) is 11.8 Å². The minimum atomic E-state index is 0.764. The Hall–Kier alpha value is -2.10. The van der Waals surface area contributed by atoms with Crippen LogP contribution in [0.1, 0.15) is 5.56 Å². The molecule has 0 saturated carbocycles. The van der Waals surface area contributed by atoms with Gasteiger partial charge in [-0.25, -0.2) is 5.01 Å².